The summed E-state index contributed by atoms with van der Waals surface area (Å²) in [6.45, 7) is 4.83. The second-order valence-electron chi connectivity index (χ2n) is 7.06. The number of benzene rings is 1. The molecule has 1 amide bonds. The molecule has 2 heterocycles. The van der Waals surface area contributed by atoms with Crippen molar-refractivity contribution in [1.82, 2.24) is 10.2 Å². The highest BCUT2D eigenvalue weighted by atomic mass is 19.1. The number of rotatable bonds is 5. The van der Waals surface area contributed by atoms with E-state index < -0.39 is 0 Å². The number of carbonyl (C=O) groups is 1. The molecule has 1 aromatic carbocycles. The standard InChI is InChI=1S/C19H27FN2O2/c1-14-10-16(7-8-21-14)19(23)22(13-18-6-3-9-24-18)12-15-4-2-5-17(20)11-15/h2,4-5,11,14,16,18,21H,3,6-10,12-13H2,1H3/t14-,16-,18?/m0/s1. The Kier molecular flexibility index (Phi) is 5.85. The van der Waals surface area contributed by atoms with Gasteiger partial charge in [-0.2, -0.15) is 0 Å². The molecule has 0 aromatic heterocycles. The van der Waals surface area contributed by atoms with Gasteiger partial charge in [0.2, 0.25) is 5.91 Å². The lowest BCUT2D eigenvalue weighted by molar-refractivity contribution is -0.139. The molecule has 132 valence electrons. The lowest BCUT2D eigenvalue weighted by Crippen LogP contribution is -2.45. The van der Waals surface area contributed by atoms with Gasteiger partial charge >= 0.3 is 0 Å². The molecule has 0 aliphatic carbocycles. The van der Waals surface area contributed by atoms with Crippen molar-refractivity contribution < 1.29 is 13.9 Å². The molecule has 3 atom stereocenters. The van der Waals surface area contributed by atoms with Crippen LogP contribution in [0.25, 0.3) is 0 Å². The third-order valence-electron chi connectivity index (χ3n) is 5.00. The highest BCUT2D eigenvalue weighted by Crippen LogP contribution is 2.22. The van der Waals surface area contributed by atoms with Crippen molar-refractivity contribution in [2.75, 3.05) is 19.7 Å². The Morgan fingerprint density at radius 3 is 3.00 bits per heavy atom. The van der Waals surface area contributed by atoms with Crippen LogP contribution in [0.3, 0.4) is 0 Å². The zero-order valence-electron chi connectivity index (χ0n) is 14.3. The van der Waals surface area contributed by atoms with E-state index in [9.17, 15) is 9.18 Å². The molecule has 2 saturated heterocycles. The van der Waals surface area contributed by atoms with Gasteiger partial charge in [-0.3, -0.25) is 4.79 Å². The van der Waals surface area contributed by atoms with Gasteiger partial charge in [0, 0.05) is 31.7 Å². The Morgan fingerprint density at radius 2 is 2.29 bits per heavy atom. The molecule has 1 aromatic rings. The van der Waals surface area contributed by atoms with Crippen LogP contribution >= 0.6 is 0 Å². The smallest absolute Gasteiger partial charge is 0.226 e. The predicted octanol–water partition coefficient (Wildman–Crippen LogP) is 2.72. The van der Waals surface area contributed by atoms with Crippen molar-refractivity contribution in [1.29, 1.82) is 0 Å². The van der Waals surface area contributed by atoms with Crippen molar-refractivity contribution in [3.63, 3.8) is 0 Å². The molecule has 24 heavy (non-hydrogen) atoms. The van der Waals surface area contributed by atoms with E-state index in [1.165, 1.54) is 12.1 Å². The largest absolute Gasteiger partial charge is 0.376 e. The minimum atomic E-state index is -0.257. The van der Waals surface area contributed by atoms with E-state index in [0.29, 0.717) is 19.1 Å². The summed E-state index contributed by atoms with van der Waals surface area (Å²) in [6, 6.07) is 6.90. The fraction of sp³-hybridized carbons (Fsp3) is 0.632. The topological polar surface area (TPSA) is 41.6 Å². The van der Waals surface area contributed by atoms with E-state index >= 15 is 0 Å². The molecule has 3 rings (SSSR count). The van der Waals surface area contributed by atoms with Gasteiger partial charge in [0.15, 0.2) is 0 Å². The number of carbonyl (C=O) groups excluding carboxylic acids is 1. The summed E-state index contributed by atoms with van der Waals surface area (Å²) in [5.41, 5.74) is 0.836. The Balaban J connectivity index is 1.71. The molecule has 4 nitrogen and oxygen atoms in total. The molecule has 0 bridgehead atoms. The zero-order valence-corrected chi connectivity index (χ0v) is 14.3. The summed E-state index contributed by atoms with van der Waals surface area (Å²) in [5.74, 6) is -0.0215. The highest BCUT2D eigenvalue weighted by Gasteiger charge is 2.30. The first-order chi connectivity index (χ1) is 11.6. The number of amides is 1. The predicted molar refractivity (Wildman–Crippen MR) is 91.0 cm³/mol. The first kappa shape index (κ1) is 17.4. The molecule has 0 saturated carbocycles. The Morgan fingerprint density at radius 1 is 1.42 bits per heavy atom. The molecule has 0 radical (unpaired) electrons. The second kappa shape index (κ2) is 8.08. The van der Waals surface area contributed by atoms with E-state index in [-0.39, 0.29) is 23.7 Å². The minimum Gasteiger partial charge on any atom is -0.376 e. The molecular weight excluding hydrogens is 307 g/mol. The summed E-state index contributed by atoms with van der Waals surface area (Å²) in [5, 5.41) is 3.39. The van der Waals surface area contributed by atoms with Crippen molar-refractivity contribution >= 4 is 5.91 Å². The SMILES string of the molecule is C[C@H]1C[C@@H](C(=O)N(Cc2cccc(F)c2)CC2CCCO2)CCN1. The van der Waals surface area contributed by atoms with E-state index in [1.54, 1.807) is 6.07 Å². The summed E-state index contributed by atoms with van der Waals surface area (Å²) in [6.07, 6.45) is 3.90. The zero-order chi connectivity index (χ0) is 16.9. The number of hydrogen-bond acceptors (Lipinski definition) is 3. The quantitative estimate of drug-likeness (QED) is 0.900. The fourth-order valence-corrected chi connectivity index (χ4v) is 3.74. The Hall–Kier alpha value is -1.46. The first-order valence-corrected chi connectivity index (χ1v) is 9.00. The van der Waals surface area contributed by atoms with Crippen LogP contribution in [0, 0.1) is 11.7 Å². The number of nitrogens with zero attached hydrogens (tertiary/aromatic N) is 1. The van der Waals surface area contributed by atoms with Crippen molar-refractivity contribution in [2.45, 2.75) is 51.3 Å². The van der Waals surface area contributed by atoms with Gasteiger partial charge in [0.25, 0.3) is 0 Å². The van der Waals surface area contributed by atoms with Gasteiger partial charge in [0.05, 0.1) is 6.10 Å². The monoisotopic (exact) mass is 334 g/mol. The third kappa shape index (κ3) is 4.54. The van der Waals surface area contributed by atoms with Crippen molar-refractivity contribution in [3.05, 3.63) is 35.6 Å². The van der Waals surface area contributed by atoms with E-state index in [1.807, 2.05) is 11.0 Å². The maximum Gasteiger partial charge on any atom is 0.226 e. The maximum absolute atomic E-state index is 13.5. The Labute approximate surface area is 143 Å². The van der Waals surface area contributed by atoms with Crippen LogP contribution in [0.1, 0.15) is 38.2 Å². The average Bonchev–Trinajstić information content (AvgIpc) is 3.07. The third-order valence-corrected chi connectivity index (χ3v) is 5.00. The molecule has 2 fully saturated rings. The Bertz CT molecular complexity index is 560. The fourth-order valence-electron chi connectivity index (χ4n) is 3.74. The number of ether oxygens (including phenoxy) is 1. The van der Waals surface area contributed by atoms with E-state index in [4.69, 9.17) is 4.74 Å². The maximum atomic E-state index is 13.5. The second-order valence-corrected chi connectivity index (χ2v) is 7.06. The van der Waals surface area contributed by atoms with Crippen LogP contribution in [-0.2, 0) is 16.1 Å². The average molecular weight is 334 g/mol. The van der Waals surface area contributed by atoms with Crippen LogP contribution in [0.2, 0.25) is 0 Å². The minimum absolute atomic E-state index is 0.0520. The molecule has 2 aliphatic heterocycles. The molecular formula is C19H27FN2O2. The summed E-state index contributed by atoms with van der Waals surface area (Å²) in [4.78, 5) is 15.0. The van der Waals surface area contributed by atoms with Crippen molar-refractivity contribution in [2.24, 2.45) is 5.92 Å². The molecule has 5 heteroatoms. The van der Waals surface area contributed by atoms with E-state index in [2.05, 4.69) is 12.2 Å². The van der Waals surface area contributed by atoms with Gasteiger partial charge in [-0.05, 0) is 56.8 Å². The van der Waals surface area contributed by atoms with Crippen LogP contribution in [0.4, 0.5) is 4.39 Å². The lowest BCUT2D eigenvalue weighted by atomic mass is 9.91. The van der Waals surface area contributed by atoms with Gasteiger partial charge in [0.1, 0.15) is 5.82 Å². The normalized spacial score (nSPS) is 27.2. The number of halogens is 1. The number of hydrogen-bond donors (Lipinski definition) is 1. The van der Waals surface area contributed by atoms with Gasteiger partial charge in [-0.15, -0.1) is 0 Å². The molecule has 1 unspecified atom stereocenters. The number of piperidine rings is 1. The van der Waals surface area contributed by atoms with Crippen LogP contribution in [0.5, 0.6) is 0 Å². The number of nitrogens with one attached hydrogen (secondary N) is 1. The van der Waals surface area contributed by atoms with Crippen molar-refractivity contribution in [3.8, 4) is 0 Å². The van der Waals surface area contributed by atoms with Crippen LogP contribution in [0.15, 0.2) is 24.3 Å². The summed E-state index contributed by atoms with van der Waals surface area (Å²) in [7, 11) is 0. The molecule has 2 aliphatic rings. The van der Waals surface area contributed by atoms with Crippen LogP contribution < -0.4 is 5.32 Å². The lowest BCUT2D eigenvalue weighted by Gasteiger charge is -2.33. The highest BCUT2D eigenvalue weighted by molar-refractivity contribution is 5.79. The summed E-state index contributed by atoms with van der Waals surface area (Å²) < 4.78 is 19.2. The van der Waals surface area contributed by atoms with Gasteiger partial charge in [-0.1, -0.05) is 12.1 Å². The van der Waals surface area contributed by atoms with E-state index in [0.717, 1.165) is 44.4 Å². The summed E-state index contributed by atoms with van der Waals surface area (Å²) >= 11 is 0. The van der Waals surface area contributed by atoms with Gasteiger partial charge < -0.3 is 15.0 Å². The first-order valence-electron chi connectivity index (χ1n) is 9.00. The van der Waals surface area contributed by atoms with Crippen LogP contribution in [-0.4, -0.2) is 42.6 Å². The van der Waals surface area contributed by atoms with Gasteiger partial charge in [-0.25, -0.2) is 4.39 Å². The molecule has 1 N–H and O–H groups in total. The molecule has 0 spiro atoms.